The summed E-state index contributed by atoms with van der Waals surface area (Å²) in [5.74, 6) is 0.787. The first-order valence-corrected chi connectivity index (χ1v) is 9.91. The van der Waals surface area contributed by atoms with Gasteiger partial charge in [-0.05, 0) is 48.0 Å². The van der Waals surface area contributed by atoms with Crippen molar-refractivity contribution in [2.45, 2.75) is 12.5 Å². The summed E-state index contributed by atoms with van der Waals surface area (Å²) < 4.78 is 5.53. The summed E-state index contributed by atoms with van der Waals surface area (Å²) in [6, 6.07) is 21.0. The molecule has 0 fully saturated rings. The Hall–Kier alpha value is -2.20. The Kier molecular flexibility index (Phi) is 5.49. The third-order valence-corrected chi connectivity index (χ3v) is 5.52. The molecule has 0 spiro atoms. The Morgan fingerprint density at radius 2 is 1.71 bits per heavy atom. The summed E-state index contributed by atoms with van der Waals surface area (Å²) in [6.07, 6.45) is 0.675. The molecule has 3 nitrogen and oxygen atoms in total. The summed E-state index contributed by atoms with van der Waals surface area (Å²) in [7, 11) is 1.66. The van der Waals surface area contributed by atoms with Gasteiger partial charge in [-0.2, -0.15) is 5.10 Å². The van der Waals surface area contributed by atoms with Gasteiger partial charge in [-0.1, -0.05) is 59.1 Å². The number of para-hydroxylation sites is 1. The quantitative estimate of drug-likeness (QED) is 0.444. The molecular weight excluding hydrogens is 415 g/mol. The first kappa shape index (κ1) is 19.1. The maximum atomic E-state index is 6.53. The van der Waals surface area contributed by atoms with Gasteiger partial charge in [-0.3, -0.25) is 5.01 Å². The van der Waals surface area contributed by atoms with Gasteiger partial charge < -0.3 is 4.74 Å². The standard InChI is InChI=1S/C22H17Cl3N2O/c1-28-22-8-3-2-7-18(22)20-13-21(17-10-9-15(24)12-19(17)25)27(26-20)16-6-4-5-14(23)11-16/h2-12,21H,13H2,1H3. The first-order valence-electron chi connectivity index (χ1n) is 8.77. The van der Waals surface area contributed by atoms with Crippen molar-refractivity contribution in [1.82, 2.24) is 0 Å². The molecule has 0 aliphatic carbocycles. The van der Waals surface area contributed by atoms with E-state index < -0.39 is 0 Å². The smallest absolute Gasteiger partial charge is 0.127 e. The number of halogens is 3. The molecule has 0 saturated heterocycles. The molecule has 4 rings (SSSR count). The van der Waals surface area contributed by atoms with Gasteiger partial charge in [0.25, 0.3) is 0 Å². The van der Waals surface area contributed by atoms with Crippen molar-refractivity contribution in [2.24, 2.45) is 5.10 Å². The number of anilines is 1. The monoisotopic (exact) mass is 430 g/mol. The fraction of sp³-hybridized carbons (Fsp3) is 0.136. The number of rotatable bonds is 4. The Balaban J connectivity index is 1.82. The molecule has 6 heteroatoms. The average Bonchev–Trinajstić information content (AvgIpc) is 3.13. The van der Waals surface area contributed by atoms with E-state index in [2.05, 4.69) is 0 Å². The second kappa shape index (κ2) is 8.04. The summed E-state index contributed by atoms with van der Waals surface area (Å²) in [5.41, 5.74) is 3.74. The lowest BCUT2D eigenvalue weighted by molar-refractivity contribution is 0.414. The Morgan fingerprint density at radius 1 is 0.929 bits per heavy atom. The molecule has 3 aromatic carbocycles. The molecule has 0 radical (unpaired) electrons. The zero-order chi connectivity index (χ0) is 19.7. The van der Waals surface area contributed by atoms with Crippen molar-refractivity contribution in [2.75, 3.05) is 12.1 Å². The normalized spacial score (nSPS) is 16.2. The van der Waals surface area contributed by atoms with E-state index in [-0.39, 0.29) is 6.04 Å². The maximum Gasteiger partial charge on any atom is 0.127 e. The van der Waals surface area contributed by atoms with Crippen LogP contribution in [0.3, 0.4) is 0 Å². The number of benzene rings is 3. The third-order valence-electron chi connectivity index (χ3n) is 4.72. The maximum absolute atomic E-state index is 6.53. The lowest BCUT2D eigenvalue weighted by Crippen LogP contribution is -2.18. The molecule has 1 aliphatic rings. The Bertz CT molecular complexity index is 1050. The molecule has 0 amide bonds. The van der Waals surface area contributed by atoms with E-state index in [9.17, 15) is 0 Å². The van der Waals surface area contributed by atoms with E-state index in [0.717, 1.165) is 28.3 Å². The molecule has 0 aromatic heterocycles. The molecule has 1 aliphatic heterocycles. The van der Waals surface area contributed by atoms with Crippen molar-refractivity contribution in [3.8, 4) is 5.75 Å². The minimum absolute atomic E-state index is 0.0804. The van der Waals surface area contributed by atoms with Crippen LogP contribution in [0.15, 0.2) is 71.8 Å². The number of hydrazone groups is 1. The number of methoxy groups -OCH3 is 1. The van der Waals surface area contributed by atoms with Gasteiger partial charge in [-0.15, -0.1) is 0 Å². The van der Waals surface area contributed by atoms with E-state index in [1.807, 2.05) is 65.7 Å². The van der Waals surface area contributed by atoms with Crippen LogP contribution in [0.25, 0.3) is 0 Å². The lowest BCUT2D eigenvalue weighted by atomic mass is 9.97. The molecule has 0 N–H and O–H groups in total. The molecule has 142 valence electrons. The largest absolute Gasteiger partial charge is 0.496 e. The van der Waals surface area contributed by atoms with E-state index >= 15 is 0 Å². The van der Waals surface area contributed by atoms with Crippen LogP contribution in [-0.2, 0) is 0 Å². The van der Waals surface area contributed by atoms with Crippen LogP contribution in [-0.4, -0.2) is 12.8 Å². The summed E-state index contributed by atoms with van der Waals surface area (Å²) in [6.45, 7) is 0. The summed E-state index contributed by atoms with van der Waals surface area (Å²) in [5, 5.41) is 8.75. The average molecular weight is 432 g/mol. The minimum atomic E-state index is -0.0804. The topological polar surface area (TPSA) is 24.8 Å². The fourth-order valence-electron chi connectivity index (χ4n) is 3.43. The first-order chi connectivity index (χ1) is 13.6. The highest BCUT2D eigenvalue weighted by molar-refractivity contribution is 6.35. The van der Waals surface area contributed by atoms with Gasteiger partial charge in [0.05, 0.1) is 24.6 Å². The molecule has 0 saturated carbocycles. The SMILES string of the molecule is COc1ccccc1C1=NN(c2cccc(Cl)c2)C(c2ccc(Cl)cc2Cl)C1. The predicted octanol–water partition coefficient (Wildman–Crippen LogP) is 7.01. The van der Waals surface area contributed by atoms with Crippen molar-refractivity contribution < 1.29 is 4.74 Å². The van der Waals surface area contributed by atoms with E-state index in [1.54, 1.807) is 13.2 Å². The molecule has 28 heavy (non-hydrogen) atoms. The van der Waals surface area contributed by atoms with Crippen LogP contribution < -0.4 is 9.75 Å². The van der Waals surface area contributed by atoms with Crippen LogP contribution in [0.1, 0.15) is 23.6 Å². The summed E-state index contributed by atoms with van der Waals surface area (Å²) in [4.78, 5) is 0. The Labute approximate surface area is 179 Å². The number of hydrogen-bond acceptors (Lipinski definition) is 3. The van der Waals surface area contributed by atoms with Crippen molar-refractivity contribution in [3.05, 3.63) is 92.9 Å². The van der Waals surface area contributed by atoms with Crippen molar-refractivity contribution in [3.63, 3.8) is 0 Å². The molecule has 0 bridgehead atoms. The molecule has 1 atom stereocenters. The van der Waals surface area contributed by atoms with Gasteiger partial charge in [0.2, 0.25) is 0 Å². The molecule has 1 unspecified atom stereocenters. The van der Waals surface area contributed by atoms with E-state index in [4.69, 9.17) is 44.6 Å². The van der Waals surface area contributed by atoms with Gasteiger partial charge in [0.15, 0.2) is 0 Å². The van der Waals surface area contributed by atoms with Crippen LogP contribution >= 0.6 is 34.8 Å². The fourth-order valence-corrected chi connectivity index (χ4v) is 4.15. The summed E-state index contributed by atoms with van der Waals surface area (Å²) >= 11 is 18.9. The zero-order valence-corrected chi connectivity index (χ0v) is 17.3. The second-order valence-corrected chi connectivity index (χ2v) is 7.74. The van der Waals surface area contributed by atoms with Gasteiger partial charge in [0, 0.05) is 27.1 Å². The second-order valence-electron chi connectivity index (χ2n) is 6.46. The highest BCUT2D eigenvalue weighted by atomic mass is 35.5. The van der Waals surface area contributed by atoms with E-state index in [1.165, 1.54) is 0 Å². The van der Waals surface area contributed by atoms with Crippen LogP contribution in [0.4, 0.5) is 5.69 Å². The van der Waals surface area contributed by atoms with Gasteiger partial charge in [0.1, 0.15) is 5.75 Å². The third kappa shape index (κ3) is 3.70. The zero-order valence-electron chi connectivity index (χ0n) is 15.1. The van der Waals surface area contributed by atoms with Crippen LogP contribution in [0.2, 0.25) is 15.1 Å². The Morgan fingerprint density at radius 3 is 2.46 bits per heavy atom. The highest BCUT2D eigenvalue weighted by Crippen LogP contribution is 2.41. The lowest BCUT2D eigenvalue weighted by Gasteiger charge is -2.25. The van der Waals surface area contributed by atoms with Crippen molar-refractivity contribution >= 4 is 46.2 Å². The van der Waals surface area contributed by atoms with Crippen LogP contribution in [0.5, 0.6) is 5.75 Å². The number of hydrogen-bond donors (Lipinski definition) is 0. The highest BCUT2D eigenvalue weighted by Gasteiger charge is 2.32. The number of nitrogens with zero attached hydrogens (tertiary/aromatic N) is 2. The number of ether oxygens (including phenoxy) is 1. The minimum Gasteiger partial charge on any atom is -0.496 e. The molecule has 3 aromatic rings. The van der Waals surface area contributed by atoms with Crippen LogP contribution in [0, 0.1) is 0 Å². The van der Waals surface area contributed by atoms with E-state index in [0.29, 0.717) is 21.5 Å². The van der Waals surface area contributed by atoms with Gasteiger partial charge >= 0.3 is 0 Å². The van der Waals surface area contributed by atoms with Crippen molar-refractivity contribution in [1.29, 1.82) is 0 Å². The predicted molar refractivity (Wildman–Crippen MR) is 117 cm³/mol. The molecule has 1 heterocycles. The van der Waals surface area contributed by atoms with Gasteiger partial charge in [-0.25, -0.2) is 0 Å². The molecular formula is C22H17Cl3N2O.